The van der Waals surface area contributed by atoms with Crippen molar-refractivity contribution in [2.24, 2.45) is 0 Å². The van der Waals surface area contributed by atoms with Gasteiger partial charge in [-0.25, -0.2) is 0 Å². The first-order valence-corrected chi connectivity index (χ1v) is 3.99. The highest BCUT2D eigenvalue weighted by Crippen LogP contribution is 2.05. The lowest BCUT2D eigenvalue weighted by Crippen LogP contribution is -2.20. The van der Waals surface area contributed by atoms with Crippen molar-refractivity contribution in [3.8, 4) is 0 Å². The highest BCUT2D eigenvalue weighted by molar-refractivity contribution is 6.32. The normalized spacial score (nSPS) is 12.2. The van der Waals surface area contributed by atoms with Crippen molar-refractivity contribution in [3.05, 3.63) is 24.5 Å². The Morgan fingerprint density at radius 2 is 2.17 bits per heavy atom. The second-order valence-electron chi connectivity index (χ2n) is 2.34. The molecule has 0 aliphatic carbocycles. The summed E-state index contributed by atoms with van der Waals surface area (Å²) in [5.74, 6) is -0.206. The second-order valence-corrected chi connectivity index (χ2v) is 3.00. The number of aromatic nitrogens is 1. The molecular formula is C8H9ClN2O. The maximum atomic E-state index is 11.0. The smallest absolute Gasteiger partial charge is 0.242 e. The van der Waals surface area contributed by atoms with Gasteiger partial charge in [0.15, 0.2) is 0 Å². The molecule has 4 heteroatoms. The molecule has 1 N–H and O–H groups in total. The Labute approximate surface area is 75.8 Å². The van der Waals surface area contributed by atoms with Crippen LogP contribution < -0.4 is 5.32 Å². The van der Waals surface area contributed by atoms with E-state index in [1.807, 2.05) is 0 Å². The highest BCUT2D eigenvalue weighted by Gasteiger charge is 2.07. The third-order valence-corrected chi connectivity index (χ3v) is 1.51. The molecule has 0 radical (unpaired) electrons. The largest absolute Gasteiger partial charge is 0.325 e. The minimum absolute atomic E-state index is 0.206. The molecule has 0 fully saturated rings. The molecule has 0 bridgehead atoms. The first kappa shape index (κ1) is 9.00. The molecule has 1 aromatic rings. The molecular weight excluding hydrogens is 176 g/mol. The first-order valence-electron chi connectivity index (χ1n) is 3.55. The van der Waals surface area contributed by atoms with Crippen LogP contribution in [0, 0.1) is 0 Å². The predicted octanol–water partition coefficient (Wildman–Crippen LogP) is 1.65. The summed E-state index contributed by atoms with van der Waals surface area (Å²) in [4.78, 5) is 14.9. The molecule has 12 heavy (non-hydrogen) atoms. The number of amides is 1. The average molecular weight is 185 g/mol. The van der Waals surface area contributed by atoms with Crippen molar-refractivity contribution in [1.29, 1.82) is 0 Å². The van der Waals surface area contributed by atoms with Crippen molar-refractivity contribution in [3.63, 3.8) is 0 Å². The summed E-state index contributed by atoms with van der Waals surface area (Å²) in [6.07, 6.45) is 3.21. The number of nitrogens with zero attached hydrogens (tertiary/aromatic N) is 1. The van der Waals surface area contributed by atoms with E-state index in [-0.39, 0.29) is 5.91 Å². The van der Waals surface area contributed by atoms with Crippen LogP contribution in [0.1, 0.15) is 6.92 Å². The van der Waals surface area contributed by atoms with E-state index in [0.717, 1.165) is 0 Å². The number of carbonyl (C=O) groups is 1. The van der Waals surface area contributed by atoms with E-state index in [9.17, 15) is 4.79 Å². The third-order valence-electron chi connectivity index (χ3n) is 1.31. The summed E-state index contributed by atoms with van der Waals surface area (Å²) in [5, 5.41) is 2.11. The van der Waals surface area contributed by atoms with Gasteiger partial charge in [0.05, 0.1) is 0 Å². The van der Waals surface area contributed by atoms with Gasteiger partial charge in [0, 0.05) is 18.1 Å². The van der Waals surface area contributed by atoms with E-state index in [0.29, 0.717) is 5.69 Å². The van der Waals surface area contributed by atoms with Crippen molar-refractivity contribution in [1.82, 2.24) is 4.98 Å². The van der Waals surface area contributed by atoms with Crippen LogP contribution in [0.2, 0.25) is 0 Å². The number of hydrogen-bond acceptors (Lipinski definition) is 2. The predicted molar refractivity (Wildman–Crippen MR) is 48.2 cm³/mol. The molecule has 1 aromatic heterocycles. The van der Waals surface area contributed by atoms with Crippen LogP contribution in [0.4, 0.5) is 5.69 Å². The fourth-order valence-corrected chi connectivity index (χ4v) is 0.732. The maximum Gasteiger partial charge on any atom is 0.242 e. The van der Waals surface area contributed by atoms with Crippen molar-refractivity contribution < 1.29 is 4.79 Å². The molecule has 0 aliphatic rings. The first-order chi connectivity index (χ1) is 5.70. The molecule has 1 rings (SSSR count). The zero-order valence-electron chi connectivity index (χ0n) is 6.62. The van der Waals surface area contributed by atoms with Gasteiger partial charge >= 0.3 is 0 Å². The van der Waals surface area contributed by atoms with Crippen LogP contribution in [0.5, 0.6) is 0 Å². The van der Waals surface area contributed by atoms with Crippen molar-refractivity contribution in [2.45, 2.75) is 12.3 Å². The Morgan fingerprint density at radius 1 is 1.58 bits per heavy atom. The lowest BCUT2D eigenvalue weighted by molar-refractivity contribution is -0.115. The Kier molecular flexibility index (Phi) is 3.05. The molecule has 1 amide bonds. The summed E-state index contributed by atoms with van der Waals surface area (Å²) in [7, 11) is 0. The number of nitrogens with one attached hydrogen (secondary N) is 1. The zero-order valence-corrected chi connectivity index (χ0v) is 7.38. The van der Waals surface area contributed by atoms with Gasteiger partial charge in [-0.05, 0) is 19.1 Å². The van der Waals surface area contributed by atoms with Gasteiger partial charge in [0.2, 0.25) is 5.91 Å². The van der Waals surface area contributed by atoms with Gasteiger partial charge < -0.3 is 5.32 Å². The Bertz CT molecular complexity index is 261. The van der Waals surface area contributed by atoms with Crippen LogP contribution in [-0.4, -0.2) is 16.3 Å². The number of pyridine rings is 1. The third kappa shape index (κ3) is 2.51. The summed E-state index contributed by atoms with van der Waals surface area (Å²) in [6, 6.07) is 3.41. The van der Waals surface area contributed by atoms with Gasteiger partial charge in [-0.3, -0.25) is 9.78 Å². The van der Waals surface area contributed by atoms with Gasteiger partial charge in [-0.1, -0.05) is 0 Å². The molecule has 1 heterocycles. The zero-order chi connectivity index (χ0) is 8.97. The van der Waals surface area contributed by atoms with Crippen molar-refractivity contribution >= 4 is 23.2 Å². The fraction of sp³-hybridized carbons (Fsp3) is 0.250. The van der Waals surface area contributed by atoms with Crippen LogP contribution >= 0.6 is 11.6 Å². The average Bonchev–Trinajstić information content (AvgIpc) is 2.06. The second kappa shape index (κ2) is 4.07. The molecule has 0 aromatic carbocycles. The fourth-order valence-electron chi connectivity index (χ4n) is 0.677. The van der Waals surface area contributed by atoms with Gasteiger partial charge in [-0.15, -0.1) is 11.6 Å². The minimum Gasteiger partial charge on any atom is -0.325 e. The lowest BCUT2D eigenvalue weighted by Gasteiger charge is -2.04. The summed E-state index contributed by atoms with van der Waals surface area (Å²) >= 11 is 5.55. The van der Waals surface area contributed by atoms with E-state index in [1.165, 1.54) is 0 Å². The highest BCUT2D eigenvalue weighted by atomic mass is 35.5. The van der Waals surface area contributed by atoms with E-state index in [1.54, 1.807) is 31.5 Å². The monoisotopic (exact) mass is 184 g/mol. The molecule has 64 valence electrons. The number of carbonyl (C=O) groups excluding carboxylic acids is 1. The lowest BCUT2D eigenvalue weighted by atomic mass is 10.3. The van der Waals surface area contributed by atoms with E-state index >= 15 is 0 Å². The molecule has 0 saturated heterocycles. The Balaban J connectivity index is 2.59. The number of anilines is 1. The van der Waals surface area contributed by atoms with Crippen LogP contribution in [0.15, 0.2) is 24.5 Å². The van der Waals surface area contributed by atoms with Crippen LogP contribution in [-0.2, 0) is 4.79 Å². The topological polar surface area (TPSA) is 42.0 Å². The summed E-state index contributed by atoms with van der Waals surface area (Å²) in [6.45, 7) is 1.62. The minimum atomic E-state index is -0.516. The van der Waals surface area contributed by atoms with E-state index in [4.69, 9.17) is 11.6 Å². The number of hydrogen-bond donors (Lipinski definition) is 1. The summed E-state index contributed by atoms with van der Waals surface area (Å²) in [5.41, 5.74) is 0.711. The van der Waals surface area contributed by atoms with Gasteiger partial charge in [0.1, 0.15) is 5.38 Å². The van der Waals surface area contributed by atoms with E-state index < -0.39 is 5.38 Å². The van der Waals surface area contributed by atoms with E-state index in [2.05, 4.69) is 10.3 Å². The standard InChI is InChI=1S/C8H9ClN2O/c1-6(9)8(12)11-7-2-4-10-5-3-7/h2-6H,1H3,(H,10,11,12)/t6-/m0/s1. The number of rotatable bonds is 2. The molecule has 0 spiro atoms. The molecule has 0 unspecified atom stereocenters. The Hall–Kier alpha value is -1.09. The SMILES string of the molecule is C[C@H](Cl)C(=O)Nc1ccncc1. The number of halogens is 1. The van der Waals surface area contributed by atoms with Gasteiger partial charge in [0.25, 0.3) is 0 Å². The van der Waals surface area contributed by atoms with Crippen molar-refractivity contribution in [2.75, 3.05) is 5.32 Å². The van der Waals surface area contributed by atoms with Crippen LogP contribution in [0.3, 0.4) is 0 Å². The molecule has 0 aliphatic heterocycles. The number of alkyl halides is 1. The molecule has 0 saturated carbocycles. The maximum absolute atomic E-state index is 11.0. The molecule has 1 atom stereocenters. The Morgan fingerprint density at radius 3 is 2.67 bits per heavy atom. The van der Waals surface area contributed by atoms with Crippen LogP contribution in [0.25, 0.3) is 0 Å². The van der Waals surface area contributed by atoms with Gasteiger partial charge in [-0.2, -0.15) is 0 Å². The summed E-state index contributed by atoms with van der Waals surface area (Å²) < 4.78 is 0. The quantitative estimate of drug-likeness (QED) is 0.711. The molecule has 3 nitrogen and oxygen atoms in total.